The molecule has 1 fully saturated rings. The van der Waals surface area contributed by atoms with Crippen LogP contribution < -0.4 is 10.7 Å². The summed E-state index contributed by atoms with van der Waals surface area (Å²) in [6, 6.07) is 13.3. The number of imide groups is 1. The Bertz CT molecular complexity index is 906. The van der Waals surface area contributed by atoms with Crippen LogP contribution in [0.25, 0.3) is 0 Å². The number of carbonyl (C=O) groups is 3. The van der Waals surface area contributed by atoms with Gasteiger partial charge in [-0.2, -0.15) is 5.01 Å². The van der Waals surface area contributed by atoms with E-state index in [1.807, 2.05) is 6.07 Å². The second-order valence-corrected chi connectivity index (χ2v) is 7.87. The van der Waals surface area contributed by atoms with Crippen molar-refractivity contribution < 1.29 is 14.4 Å². The van der Waals surface area contributed by atoms with E-state index in [1.165, 1.54) is 0 Å². The second-order valence-electron chi connectivity index (χ2n) is 6.07. The monoisotopic (exact) mass is 437 g/mol. The molecule has 1 heterocycles. The first-order valence-electron chi connectivity index (χ1n) is 8.47. The van der Waals surface area contributed by atoms with Crippen LogP contribution in [-0.4, -0.2) is 28.6 Å². The molecule has 28 heavy (non-hydrogen) atoms. The van der Waals surface area contributed by atoms with Crippen LogP contribution in [-0.2, 0) is 15.1 Å². The molecule has 1 aliphatic heterocycles. The summed E-state index contributed by atoms with van der Waals surface area (Å²) in [6.45, 7) is 1.80. The maximum atomic E-state index is 13.0. The Labute approximate surface area is 176 Å². The van der Waals surface area contributed by atoms with Gasteiger partial charge >= 0.3 is 6.03 Å². The molecule has 0 radical (unpaired) electrons. The molecule has 3 rings (SSSR count). The predicted molar refractivity (Wildman–Crippen MR) is 109 cm³/mol. The molecule has 0 saturated carbocycles. The zero-order valence-corrected chi connectivity index (χ0v) is 17.2. The number of nitrogens with zero attached hydrogens (tertiary/aromatic N) is 1. The number of carbonyl (C=O) groups excluding carboxylic acids is 3. The van der Waals surface area contributed by atoms with Crippen LogP contribution in [0.3, 0.4) is 0 Å². The summed E-state index contributed by atoms with van der Waals surface area (Å²) < 4.78 is 0. The van der Waals surface area contributed by atoms with E-state index in [2.05, 4.69) is 10.7 Å². The fourth-order valence-electron chi connectivity index (χ4n) is 2.95. The highest BCUT2D eigenvalue weighted by Crippen LogP contribution is 2.34. The summed E-state index contributed by atoms with van der Waals surface area (Å²) >= 11 is 13.3. The number of hydrogen-bond acceptors (Lipinski definition) is 4. The fraction of sp³-hybridized carbons (Fsp3) is 0.211. The number of urea groups is 1. The largest absolute Gasteiger partial charge is 0.344 e. The Balaban J connectivity index is 1.71. The Morgan fingerprint density at radius 1 is 1.11 bits per heavy atom. The zero-order chi connectivity index (χ0) is 20.3. The third kappa shape index (κ3) is 3.83. The van der Waals surface area contributed by atoms with E-state index in [4.69, 9.17) is 23.2 Å². The smallest absolute Gasteiger partial charge is 0.318 e. The minimum absolute atomic E-state index is 0.0645. The molecule has 2 aromatic carbocycles. The molecule has 2 aromatic rings. The number of rotatable bonds is 6. The van der Waals surface area contributed by atoms with E-state index in [9.17, 15) is 14.4 Å². The summed E-state index contributed by atoms with van der Waals surface area (Å²) in [4.78, 5) is 38.2. The van der Waals surface area contributed by atoms with Crippen molar-refractivity contribution in [2.75, 3.05) is 5.75 Å². The maximum Gasteiger partial charge on any atom is 0.344 e. The molecule has 0 aromatic heterocycles. The standard InChI is InChI=1S/C19H17Cl2N3O3S/c1-2-19(12-7-4-3-5-8-12)17(26)24(18(27)22-19)23-15(25)11-28-16-13(20)9-6-10-14(16)21/h3-10H,2,11H2,1H3,(H,22,27)(H,23,25). The van der Waals surface area contributed by atoms with Crippen molar-refractivity contribution in [2.24, 2.45) is 0 Å². The van der Waals surface area contributed by atoms with Crippen LogP contribution in [0.5, 0.6) is 0 Å². The molecule has 0 bridgehead atoms. The summed E-state index contributed by atoms with van der Waals surface area (Å²) in [5.41, 5.74) is 1.83. The third-order valence-corrected chi connectivity index (χ3v) is 6.38. The van der Waals surface area contributed by atoms with Gasteiger partial charge in [-0.15, -0.1) is 11.8 Å². The summed E-state index contributed by atoms with van der Waals surface area (Å²) in [5.74, 6) is -1.12. The molecule has 146 valence electrons. The molecule has 0 aliphatic carbocycles. The van der Waals surface area contributed by atoms with Crippen molar-refractivity contribution in [1.29, 1.82) is 0 Å². The molecular formula is C19H17Cl2N3O3S. The lowest BCUT2D eigenvalue weighted by molar-refractivity contribution is -0.138. The van der Waals surface area contributed by atoms with Gasteiger partial charge in [0, 0.05) is 4.90 Å². The number of hydrogen-bond donors (Lipinski definition) is 2. The SMILES string of the molecule is CCC1(c2ccccc2)NC(=O)N(NC(=O)CSc2c(Cl)cccc2Cl)C1=O. The van der Waals surface area contributed by atoms with Gasteiger partial charge in [0.25, 0.3) is 5.91 Å². The van der Waals surface area contributed by atoms with Gasteiger partial charge in [0.2, 0.25) is 5.91 Å². The first-order chi connectivity index (χ1) is 13.4. The molecule has 1 aliphatic rings. The first-order valence-corrected chi connectivity index (χ1v) is 10.2. The Hall–Kier alpha value is -2.22. The molecule has 0 spiro atoms. The predicted octanol–water partition coefficient (Wildman–Crippen LogP) is 3.97. The van der Waals surface area contributed by atoms with Crippen LogP contribution >= 0.6 is 35.0 Å². The van der Waals surface area contributed by atoms with Crippen LogP contribution in [0.15, 0.2) is 53.4 Å². The van der Waals surface area contributed by atoms with Gasteiger partial charge in [0.05, 0.1) is 15.8 Å². The highest BCUT2D eigenvalue weighted by Gasteiger charge is 2.52. The minimum Gasteiger partial charge on any atom is -0.318 e. The van der Waals surface area contributed by atoms with Gasteiger partial charge in [-0.05, 0) is 24.1 Å². The fourth-order valence-corrected chi connectivity index (χ4v) is 4.43. The van der Waals surface area contributed by atoms with Gasteiger partial charge < -0.3 is 5.32 Å². The van der Waals surface area contributed by atoms with Gasteiger partial charge in [-0.1, -0.05) is 66.5 Å². The average Bonchev–Trinajstić information content (AvgIpc) is 2.93. The van der Waals surface area contributed by atoms with Crippen molar-refractivity contribution in [3.8, 4) is 0 Å². The van der Waals surface area contributed by atoms with E-state index < -0.39 is 23.4 Å². The lowest BCUT2D eigenvalue weighted by atomic mass is 9.87. The number of benzene rings is 2. The van der Waals surface area contributed by atoms with Crippen molar-refractivity contribution in [3.05, 3.63) is 64.1 Å². The van der Waals surface area contributed by atoms with Gasteiger partial charge in [-0.3, -0.25) is 15.0 Å². The number of thioether (sulfide) groups is 1. The molecule has 2 N–H and O–H groups in total. The van der Waals surface area contributed by atoms with E-state index in [-0.39, 0.29) is 5.75 Å². The number of hydrazine groups is 1. The Kier molecular flexibility index (Phi) is 6.17. The molecule has 6 nitrogen and oxygen atoms in total. The van der Waals surface area contributed by atoms with Gasteiger partial charge in [0.1, 0.15) is 5.54 Å². The van der Waals surface area contributed by atoms with Crippen molar-refractivity contribution >= 4 is 52.8 Å². The Morgan fingerprint density at radius 2 is 1.75 bits per heavy atom. The Morgan fingerprint density at radius 3 is 2.36 bits per heavy atom. The quantitative estimate of drug-likeness (QED) is 0.529. The van der Waals surface area contributed by atoms with Gasteiger partial charge in [-0.25, -0.2) is 4.79 Å². The van der Waals surface area contributed by atoms with E-state index >= 15 is 0 Å². The number of nitrogens with one attached hydrogen (secondary N) is 2. The highest BCUT2D eigenvalue weighted by molar-refractivity contribution is 8.00. The lowest BCUT2D eigenvalue weighted by Crippen LogP contribution is -2.49. The topological polar surface area (TPSA) is 78.5 Å². The molecular weight excluding hydrogens is 421 g/mol. The summed E-state index contributed by atoms with van der Waals surface area (Å²) in [7, 11) is 0. The van der Waals surface area contributed by atoms with E-state index in [0.717, 1.165) is 16.8 Å². The minimum atomic E-state index is -1.20. The molecule has 9 heteroatoms. The van der Waals surface area contributed by atoms with Crippen LogP contribution in [0, 0.1) is 0 Å². The summed E-state index contributed by atoms with van der Waals surface area (Å²) in [5, 5.41) is 4.28. The first kappa shape index (κ1) is 20.5. The molecule has 1 atom stereocenters. The zero-order valence-electron chi connectivity index (χ0n) is 14.9. The van der Waals surface area contributed by atoms with Gasteiger partial charge in [0.15, 0.2) is 0 Å². The van der Waals surface area contributed by atoms with Crippen LogP contribution in [0.1, 0.15) is 18.9 Å². The highest BCUT2D eigenvalue weighted by atomic mass is 35.5. The lowest BCUT2D eigenvalue weighted by Gasteiger charge is -2.25. The van der Waals surface area contributed by atoms with Crippen molar-refractivity contribution in [2.45, 2.75) is 23.8 Å². The second kappa shape index (κ2) is 8.43. The normalized spacial score (nSPS) is 18.9. The van der Waals surface area contributed by atoms with Crippen molar-refractivity contribution in [3.63, 3.8) is 0 Å². The number of halogens is 2. The molecule has 1 saturated heterocycles. The third-order valence-electron chi connectivity index (χ3n) is 4.39. The number of amides is 4. The molecule has 1 unspecified atom stereocenters. The van der Waals surface area contributed by atoms with Crippen LogP contribution in [0.4, 0.5) is 4.79 Å². The van der Waals surface area contributed by atoms with Crippen LogP contribution in [0.2, 0.25) is 10.0 Å². The molecule has 4 amide bonds. The average molecular weight is 438 g/mol. The van der Waals surface area contributed by atoms with E-state index in [0.29, 0.717) is 26.9 Å². The summed E-state index contributed by atoms with van der Waals surface area (Å²) in [6.07, 6.45) is 0.345. The van der Waals surface area contributed by atoms with E-state index in [1.54, 1.807) is 49.4 Å². The maximum absolute atomic E-state index is 13.0. The van der Waals surface area contributed by atoms with Crippen molar-refractivity contribution in [1.82, 2.24) is 15.8 Å².